The number of hydrogen-bond donors (Lipinski definition) is 1. The van der Waals surface area contributed by atoms with Crippen LogP contribution in [0.15, 0.2) is 48.5 Å². The van der Waals surface area contributed by atoms with E-state index in [1.165, 1.54) is 5.56 Å². The molecule has 0 aliphatic carbocycles. The van der Waals surface area contributed by atoms with Gasteiger partial charge in [0.25, 0.3) is 11.8 Å². The molecule has 2 aromatic rings. The first-order valence-electron chi connectivity index (χ1n) is 7.89. The molecule has 3 rings (SSSR count). The lowest BCUT2D eigenvalue weighted by Gasteiger charge is -2.21. The van der Waals surface area contributed by atoms with Gasteiger partial charge in [0.2, 0.25) is 5.91 Å². The summed E-state index contributed by atoms with van der Waals surface area (Å²) in [5, 5.41) is 2.75. The van der Waals surface area contributed by atoms with Crippen molar-refractivity contribution < 1.29 is 14.4 Å². The maximum Gasteiger partial charge on any atom is 0.262 e. The predicted molar refractivity (Wildman–Crippen MR) is 90.9 cm³/mol. The van der Waals surface area contributed by atoms with Gasteiger partial charge in [-0.25, -0.2) is 0 Å². The van der Waals surface area contributed by atoms with Crippen LogP contribution in [0, 0.1) is 0 Å². The number of hydrogen-bond acceptors (Lipinski definition) is 3. The van der Waals surface area contributed by atoms with Crippen LogP contribution in [0.4, 0.5) is 5.69 Å². The summed E-state index contributed by atoms with van der Waals surface area (Å²) in [6.45, 7) is 3.61. The number of carbonyl (C=O) groups is 3. The van der Waals surface area contributed by atoms with Crippen LogP contribution in [0.3, 0.4) is 0 Å². The fraction of sp³-hybridized carbons (Fsp3) is 0.211. The van der Waals surface area contributed by atoms with E-state index in [1.54, 1.807) is 31.2 Å². The normalized spacial score (nSPS) is 14.5. The van der Waals surface area contributed by atoms with E-state index in [-0.39, 0.29) is 0 Å². The Bertz CT molecular complexity index is 777. The van der Waals surface area contributed by atoms with Crippen molar-refractivity contribution in [3.05, 3.63) is 65.2 Å². The quantitative estimate of drug-likeness (QED) is 0.880. The van der Waals surface area contributed by atoms with E-state index in [2.05, 4.69) is 12.2 Å². The molecule has 0 unspecified atom stereocenters. The summed E-state index contributed by atoms with van der Waals surface area (Å²) in [5.41, 5.74) is 2.49. The summed E-state index contributed by atoms with van der Waals surface area (Å²) in [7, 11) is 0. The van der Waals surface area contributed by atoms with E-state index < -0.39 is 23.8 Å². The highest BCUT2D eigenvalue weighted by Gasteiger charge is 2.40. The van der Waals surface area contributed by atoms with Gasteiger partial charge in [0.15, 0.2) is 0 Å². The van der Waals surface area contributed by atoms with Crippen LogP contribution in [0.2, 0.25) is 0 Å². The fourth-order valence-electron chi connectivity index (χ4n) is 2.75. The molecular weight excluding hydrogens is 304 g/mol. The van der Waals surface area contributed by atoms with Crippen molar-refractivity contribution in [2.24, 2.45) is 0 Å². The molecule has 0 saturated carbocycles. The molecule has 24 heavy (non-hydrogen) atoms. The van der Waals surface area contributed by atoms with Crippen LogP contribution in [-0.2, 0) is 11.2 Å². The molecule has 3 amide bonds. The van der Waals surface area contributed by atoms with Crippen molar-refractivity contribution in [2.45, 2.75) is 26.3 Å². The minimum absolute atomic E-state index is 0.342. The standard InChI is InChI=1S/C19H18N2O3/c1-3-13-8-10-14(11-9-13)20-17(22)12(2)21-18(23)15-6-4-5-7-16(15)19(21)24/h4-12H,3H2,1-2H3,(H,20,22)/t12-/m1/s1. The monoisotopic (exact) mass is 322 g/mol. The summed E-state index contributed by atoms with van der Waals surface area (Å²) < 4.78 is 0. The maximum absolute atomic E-state index is 12.4. The van der Waals surface area contributed by atoms with Crippen LogP contribution >= 0.6 is 0 Å². The van der Waals surface area contributed by atoms with Gasteiger partial charge in [-0.2, -0.15) is 0 Å². The third kappa shape index (κ3) is 2.69. The van der Waals surface area contributed by atoms with Gasteiger partial charge in [0, 0.05) is 5.69 Å². The Kier molecular flexibility index (Phi) is 4.16. The zero-order valence-electron chi connectivity index (χ0n) is 13.6. The van der Waals surface area contributed by atoms with Crippen LogP contribution in [0.25, 0.3) is 0 Å². The number of aryl methyl sites for hydroxylation is 1. The van der Waals surface area contributed by atoms with Crippen LogP contribution in [0.1, 0.15) is 40.1 Å². The highest BCUT2D eigenvalue weighted by Crippen LogP contribution is 2.25. The molecule has 0 saturated heterocycles. The third-order valence-electron chi connectivity index (χ3n) is 4.22. The molecule has 0 spiro atoms. The van der Waals surface area contributed by atoms with Crippen molar-refractivity contribution >= 4 is 23.4 Å². The van der Waals surface area contributed by atoms with Crippen LogP contribution in [0.5, 0.6) is 0 Å². The lowest BCUT2D eigenvalue weighted by Crippen LogP contribution is -2.45. The number of imide groups is 1. The lowest BCUT2D eigenvalue weighted by molar-refractivity contribution is -0.119. The number of nitrogens with one attached hydrogen (secondary N) is 1. The topological polar surface area (TPSA) is 66.5 Å². The Morgan fingerprint density at radius 3 is 2.04 bits per heavy atom. The largest absolute Gasteiger partial charge is 0.324 e. The molecule has 5 heteroatoms. The first kappa shape index (κ1) is 15.9. The molecule has 1 atom stereocenters. The van der Waals surface area contributed by atoms with Crippen LogP contribution in [-0.4, -0.2) is 28.7 Å². The third-order valence-corrected chi connectivity index (χ3v) is 4.22. The Labute approximate surface area is 140 Å². The highest BCUT2D eigenvalue weighted by atomic mass is 16.2. The van der Waals surface area contributed by atoms with E-state index in [0.717, 1.165) is 11.3 Å². The second-order valence-corrected chi connectivity index (χ2v) is 5.74. The van der Waals surface area contributed by atoms with Gasteiger partial charge in [-0.3, -0.25) is 19.3 Å². The second kappa shape index (κ2) is 6.28. The van der Waals surface area contributed by atoms with Crippen molar-refractivity contribution in [3.63, 3.8) is 0 Å². The van der Waals surface area contributed by atoms with Crippen molar-refractivity contribution in [1.82, 2.24) is 4.90 Å². The SMILES string of the molecule is CCc1ccc(NC(=O)[C@@H](C)N2C(=O)c3ccccc3C2=O)cc1. The van der Waals surface area contributed by atoms with Crippen molar-refractivity contribution in [1.29, 1.82) is 0 Å². The van der Waals surface area contributed by atoms with Crippen LogP contribution < -0.4 is 5.32 Å². The zero-order valence-corrected chi connectivity index (χ0v) is 13.6. The molecule has 2 aromatic carbocycles. The number of amides is 3. The van der Waals surface area contributed by atoms with E-state index in [4.69, 9.17) is 0 Å². The number of benzene rings is 2. The Morgan fingerprint density at radius 1 is 1.00 bits per heavy atom. The highest BCUT2D eigenvalue weighted by molar-refractivity contribution is 6.23. The van der Waals surface area contributed by atoms with Gasteiger partial charge >= 0.3 is 0 Å². The van der Waals surface area contributed by atoms with E-state index >= 15 is 0 Å². The van der Waals surface area contributed by atoms with Gasteiger partial charge < -0.3 is 5.32 Å². The van der Waals surface area contributed by atoms with E-state index in [0.29, 0.717) is 16.8 Å². The smallest absolute Gasteiger partial charge is 0.262 e. The molecule has 0 radical (unpaired) electrons. The Hall–Kier alpha value is -2.95. The van der Waals surface area contributed by atoms with Gasteiger partial charge in [0.05, 0.1) is 11.1 Å². The first-order chi connectivity index (χ1) is 11.5. The molecule has 0 fully saturated rings. The maximum atomic E-state index is 12.4. The van der Waals surface area contributed by atoms with Gasteiger partial charge in [-0.05, 0) is 43.2 Å². The fourth-order valence-corrected chi connectivity index (χ4v) is 2.75. The number of fused-ring (bicyclic) bond motifs is 1. The summed E-state index contributed by atoms with van der Waals surface area (Å²) in [4.78, 5) is 38.3. The minimum Gasteiger partial charge on any atom is -0.324 e. The summed E-state index contributed by atoms with van der Waals surface area (Å²) in [5.74, 6) is -1.26. The van der Waals surface area contributed by atoms with Crippen molar-refractivity contribution in [2.75, 3.05) is 5.32 Å². The van der Waals surface area contributed by atoms with E-state index in [1.807, 2.05) is 24.3 Å². The predicted octanol–water partition coefficient (Wildman–Crippen LogP) is 2.87. The van der Waals surface area contributed by atoms with Gasteiger partial charge in [-0.1, -0.05) is 31.2 Å². The molecule has 5 nitrogen and oxygen atoms in total. The van der Waals surface area contributed by atoms with Crippen molar-refractivity contribution in [3.8, 4) is 0 Å². The summed E-state index contributed by atoms with van der Waals surface area (Å²) in [6.07, 6.45) is 0.916. The Morgan fingerprint density at radius 2 is 1.54 bits per heavy atom. The molecule has 1 heterocycles. The summed E-state index contributed by atoms with van der Waals surface area (Å²) >= 11 is 0. The average Bonchev–Trinajstić information content (AvgIpc) is 2.86. The zero-order chi connectivity index (χ0) is 17.3. The average molecular weight is 322 g/mol. The number of anilines is 1. The minimum atomic E-state index is -0.886. The van der Waals surface area contributed by atoms with Gasteiger partial charge in [-0.15, -0.1) is 0 Å². The molecule has 1 aliphatic heterocycles. The molecule has 1 N–H and O–H groups in total. The molecular formula is C19H18N2O3. The lowest BCUT2D eigenvalue weighted by atomic mass is 10.1. The first-order valence-corrected chi connectivity index (χ1v) is 7.89. The van der Waals surface area contributed by atoms with Gasteiger partial charge in [0.1, 0.15) is 6.04 Å². The summed E-state index contributed by atoms with van der Waals surface area (Å²) in [6, 6.07) is 13.2. The number of rotatable bonds is 4. The van der Waals surface area contributed by atoms with E-state index in [9.17, 15) is 14.4 Å². The second-order valence-electron chi connectivity index (χ2n) is 5.74. The Balaban J connectivity index is 1.76. The number of carbonyl (C=O) groups excluding carboxylic acids is 3. The molecule has 0 bridgehead atoms. The molecule has 1 aliphatic rings. The molecule has 0 aromatic heterocycles. The number of nitrogens with zero attached hydrogens (tertiary/aromatic N) is 1. The molecule has 122 valence electrons.